The van der Waals surface area contributed by atoms with Gasteiger partial charge in [0.1, 0.15) is 5.82 Å². The van der Waals surface area contributed by atoms with E-state index >= 15 is 0 Å². The van der Waals surface area contributed by atoms with Crippen molar-refractivity contribution in [1.82, 2.24) is 25.8 Å². The highest BCUT2D eigenvalue weighted by Gasteiger charge is 2.29. The number of hydrogen-bond acceptors (Lipinski definition) is 5. The highest BCUT2D eigenvalue weighted by molar-refractivity contribution is 14.0. The molecule has 2 aromatic heterocycles. The molecule has 1 aliphatic rings. The minimum absolute atomic E-state index is 0. The maximum atomic E-state index is 5.76. The largest absolute Gasteiger partial charge is 0.461 e. The first-order valence-electron chi connectivity index (χ1n) is 7.72. The highest BCUT2D eigenvalue weighted by Crippen LogP contribution is 2.23. The van der Waals surface area contributed by atoms with Gasteiger partial charge < -0.3 is 19.8 Å². The van der Waals surface area contributed by atoms with Gasteiger partial charge in [0.25, 0.3) is 0 Å². The highest BCUT2D eigenvalue weighted by atomic mass is 127. The van der Waals surface area contributed by atoms with Crippen LogP contribution in [-0.4, -0.2) is 46.9 Å². The third-order valence-corrected chi connectivity index (χ3v) is 3.85. The maximum Gasteiger partial charge on any atom is 0.216 e. The quantitative estimate of drug-likeness (QED) is 0.369. The normalized spacial score (nSPS) is 20.7. The summed E-state index contributed by atoms with van der Waals surface area (Å²) in [4.78, 5) is 8.59. The van der Waals surface area contributed by atoms with E-state index < -0.39 is 0 Å². The first kappa shape index (κ1) is 18.7. The number of nitrogens with zero attached hydrogens (tertiary/aromatic N) is 3. The summed E-state index contributed by atoms with van der Waals surface area (Å²) < 4.78 is 11.0. The molecular weight excluding hydrogens is 423 g/mol. The van der Waals surface area contributed by atoms with Crippen molar-refractivity contribution in [3.8, 4) is 11.6 Å². The summed E-state index contributed by atoms with van der Waals surface area (Å²) in [5.74, 6) is 2.60. The molecule has 3 rings (SSSR count). The Morgan fingerprint density at radius 2 is 2.33 bits per heavy atom. The molecule has 1 unspecified atom stereocenters. The molecule has 8 nitrogen and oxygen atoms in total. The van der Waals surface area contributed by atoms with Crippen LogP contribution in [0.15, 0.2) is 27.8 Å². The molecule has 2 aromatic rings. The fourth-order valence-corrected chi connectivity index (χ4v) is 2.53. The molecule has 0 aromatic carbocycles. The van der Waals surface area contributed by atoms with Crippen LogP contribution in [0.1, 0.15) is 25.6 Å². The second kappa shape index (κ2) is 8.47. The summed E-state index contributed by atoms with van der Waals surface area (Å²) in [6, 6.07) is 3.63. The van der Waals surface area contributed by atoms with E-state index in [1.807, 2.05) is 6.07 Å². The minimum Gasteiger partial charge on any atom is -0.461 e. The fourth-order valence-electron chi connectivity index (χ4n) is 2.53. The molecule has 0 aliphatic carbocycles. The van der Waals surface area contributed by atoms with Crippen LogP contribution in [0.5, 0.6) is 0 Å². The Labute approximate surface area is 157 Å². The van der Waals surface area contributed by atoms with Crippen LogP contribution in [0.25, 0.3) is 11.6 Å². The van der Waals surface area contributed by atoms with Crippen LogP contribution in [-0.2, 0) is 11.3 Å². The van der Waals surface area contributed by atoms with Crippen LogP contribution < -0.4 is 10.6 Å². The van der Waals surface area contributed by atoms with E-state index in [-0.39, 0.29) is 29.6 Å². The van der Waals surface area contributed by atoms with Gasteiger partial charge in [0.05, 0.1) is 18.4 Å². The zero-order valence-electron chi connectivity index (χ0n) is 13.8. The van der Waals surface area contributed by atoms with Gasteiger partial charge in [0, 0.05) is 20.2 Å². The predicted octanol–water partition coefficient (Wildman–Crippen LogP) is 1.92. The van der Waals surface area contributed by atoms with E-state index in [2.05, 4.69) is 37.7 Å². The number of H-pyrrole nitrogens is 1. The number of nitrogens with one attached hydrogen (secondary N) is 3. The van der Waals surface area contributed by atoms with Crippen molar-refractivity contribution < 1.29 is 9.15 Å². The predicted molar refractivity (Wildman–Crippen MR) is 101 cm³/mol. The van der Waals surface area contributed by atoms with Crippen molar-refractivity contribution in [3.63, 3.8) is 0 Å². The molecule has 0 bridgehead atoms. The molecule has 1 fully saturated rings. The van der Waals surface area contributed by atoms with Gasteiger partial charge in [-0.25, -0.2) is 4.98 Å². The molecule has 1 aliphatic heterocycles. The number of rotatable bonds is 5. The van der Waals surface area contributed by atoms with Gasteiger partial charge in [0.2, 0.25) is 5.82 Å². The lowest BCUT2D eigenvalue weighted by Gasteiger charge is -2.24. The summed E-state index contributed by atoms with van der Waals surface area (Å²) in [6.45, 7) is 4.16. The third-order valence-electron chi connectivity index (χ3n) is 3.85. The Bertz CT molecular complexity index is 649. The van der Waals surface area contributed by atoms with Crippen molar-refractivity contribution in [2.45, 2.75) is 31.9 Å². The maximum absolute atomic E-state index is 5.76. The van der Waals surface area contributed by atoms with Gasteiger partial charge in [-0.1, -0.05) is 0 Å². The van der Waals surface area contributed by atoms with Gasteiger partial charge in [-0.3, -0.25) is 10.1 Å². The minimum atomic E-state index is -0.115. The van der Waals surface area contributed by atoms with Crippen molar-refractivity contribution >= 4 is 29.9 Å². The molecule has 0 radical (unpaired) electrons. The van der Waals surface area contributed by atoms with Crippen molar-refractivity contribution in [1.29, 1.82) is 0 Å². The first-order valence-corrected chi connectivity index (χ1v) is 7.72. The molecule has 9 heteroatoms. The number of aromatic nitrogens is 3. The van der Waals surface area contributed by atoms with E-state index in [0.717, 1.165) is 26.0 Å². The number of furan rings is 1. The molecule has 132 valence electrons. The number of ether oxygens (including phenoxy) is 1. The SMILES string of the molecule is CN=C(NCc1nc(-c2ccco2)n[nH]1)NCC1(C)CCCO1.I. The van der Waals surface area contributed by atoms with E-state index in [1.54, 1.807) is 19.4 Å². The molecular formula is C15H23IN6O2. The van der Waals surface area contributed by atoms with Crippen LogP contribution >= 0.6 is 24.0 Å². The summed E-state index contributed by atoms with van der Waals surface area (Å²) in [6.07, 6.45) is 3.77. The van der Waals surface area contributed by atoms with Gasteiger partial charge >= 0.3 is 0 Å². The number of halogens is 1. The smallest absolute Gasteiger partial charge is 0.216 e. The zero-order chi connectivity index (χ0) is 16.1. The van der Waals surface area contributed by atoms with E-state index in [9.17, 15) is 0 Å². The van der Waals surface area contributed by atoms with E-state index in [4.69, 9.17) is 9.15 Å². The Hall–Kier alpha value is -1.62. The average Bonchev–Trinajstić information content (AvgIpc) is 3.29. The summed E-state index contributed by atoms with van der Waals surface area (Å²) in [5, 5.41) is 13.5. The summed E-state index contributed by atoms with van der Waals surface area (Å²) >= 11 is 0. The second-order valence-electron chi connectivity index (χ2n) is 5.76. The standard InChI is InChI=1S/C15H22N6O2.HI/c1-15(6-4-8-23-15)10-18-14(16-2)17-9-12-19-13(21-20-12)11-5-3-7-22-11;/h3,5,7H,4,6,8-10H2,1-2H3,(H2,16,17,18)(H,19,20,21);1H. The fraction of sp³-hybridized carbons (Fsp3) is 0.533. The van der Waals surface area contributed by atoms with E-state index in [1.165, 1.54) is 0 Å². The lowest BCUT2D eigenvalue weighted by Crippen LogP contribution is -2.45. The first-order chi connectivity index (χ1) is 11.2. The molecule has 24 heavy (non-hydrogen) atoms. The molecule has 3 heterocycles. The molecule has 0 saturated carbocycles. The molecule has 0 amide bonds. The van der Waals surface area contributed by atoms with Crippen LogP contribution in [0.3, 0.4) is 0 Å². The monoisotopic (exact) mass is 446 g/mol. The van der Waals surface area contributed by atoms with Crippen molar-refractivity contribution in [2.24, 2.45) is 4.99 Å². The number of aliphatic imine (C=N–C) groups is 1. The lowest BCUT2D eigenvalue weighted by molar-refractivity contribution is 0.0243. The molecule has 0 spiro atoms. The number of aromatic amines is 1. The Morgan fingerprint density at radius 1 is 1.46 bits per heavy atom. The lowest BCUT2D eigenvalue weighted by atomic mass is 10.0. The van der Waals surface area contributed by atoms with Crippen molar-refractivity contribution in [2.75, 3.05) is 20.2 Å². The molecule has 1 atom stereocenters. The van der Waals surface area contributed by atoms with Gasteiger partial charge in [0.15, 0.2) is 11.7 Å². The van der Waals surface area contributed by atoms with Gasteiger partial charge in [-0.2, -0.15) is 0 Å². The topological polar surface area (TPSA) is 100 Å². The third kappa shape index (κ3) is 4.69. The van der Waals surface area contributed by atoms with Crippen molar-refractivity contribution in [3.05, 3.63) is 24.2 Å². The second-order valence-corrected chi connectivity index (χ2v) is 5.76. The zero-order valence-corrected chi connectivity index (χ0v) is 16.2. The Kier molecular flexibility index (Phi) is 6.60. The summed E-state index contributed by atoms with van der Waals surface area (Å²) in [5.41, 5.74) is -0.115. The number of guanidine groups is 1. The Morgan fingerprint density at radius 3 is 3.00 bits per heavy atom. The Balaban J connectivity index is 0.00000208. The molecule has 1 saturated heterocycles. The molecule has 3 N–H and O–H groups in total. The average molecular weight is 446 g/mol. The van der Waals surface area contributed by atoms with Crippen LogP contribution in [0.4, 0.5) is 0 Å². The van der Waals surface area contributed by atoms with Gasteiger partial charge in [-0.15, -0.1) is 29.1 Å². The summed E-state index contributed by atoms with van der Waals surface area (Å²) in [7, 11) is 1.74. The van der Waals surface area contributed by atoms with Crippen LogP contribution in [0.2, 0.25) is 0 Å². The number of hydrogen-bond donors (Lipinski definition) is 3. The van der Waals surface area contributed by atoms with Gasteiger partial charge in [-0.05, 0) is 31.9 Å². The van der Waals surface area contributed by atoms with Crippen LogP contribution in [0, 0.1) is 0 Å². The van der Waals surface area contributed by atoms with E-state index in [0.29, 0.717) is 29.9 Å².